The molecule has 2 aliphatic heterocycles. The van der Waals surface area contributed by atoms with E-state index >= 15 is 0 Å². The fraction of sp³-hybridized carbons (Fsp3) is 0.882. The number of aliphatic imine (C=N–C) groups is 1. The molecule has 1 amide bonds. The second kappa shape index (κ2) is 10.3. The van der Waals surface area contributed by atoms with Crippen molar-refractivity contribution in [1.82, 2.24) is 19.8 Å². The predicted molar refractivity (Wildman–Crippen MR) is 121 cm³/mol. The monoisotopic (exact) mass is 531 g/mol. The van der Waals surface area contributed by atoms with Crippen molar-refractivity contribution >= 4 is 46.1 Å². The number of carbonyl (C=O) groups excluding carboxylic acids is 1. The minimum Gasteiger partial charge on any atom is -0.444 e. The number of halogens is 1. The summed E-state index contributed by atoms with van der Waals surface area (Å²) in [5.74, 6) is 1.12. The van der Waals surface area contributed by atoms with Crippen LogP contribution in [0.2, 0.25) is 0 Å². The third-order valence-electron chi connectivity index (χ3n) is 4.70. The molecule has 0 radical (unpaired) electrons. The van der Waals surface area contributed by atoms with Gasteiger partial charge >= 0.3 is 6.09 Å². The number of sulfonamides is 1. The first-order valence-electron chi connectivity index (χ1n) is 9.38. The van der Waals surface area contributed by atoms with Crippen molar-refractivity contribution in [2.75, 3.05) is 46.0 Å². The highest BCUT2D eigenvalue weighted by Gasteiger charge is 2.34. The van der Waals surface area contributed by atoms with Gasteiger partial charge in [-0.3, -0.25) is 4.99 Å². The second-order valence-electron chi connectivity index (χ2n) is 8.29. The van der Waals surface area contributed by atoms with Crippen molar-refractivity contribution in [2.24, 2.45) is 10.9 Å². The van der Waals surface area contributed by atoms with E-state index in [1.54, 1.807) is 11.9 Å². The van der Waals surface area contributed by atoms with Gasteiger partial charge in [0.2, 0.25) is 10.0 Å². The lowest BCUT2D eigenvalue weighted by atomic mass is 9.98. The van der Waals surface area contributed by atoms with Crippen LogP contribution in [0, 0.1) is 5.92 Å². The zero-order chi connectivity index (χ0) is 20.2. The maximum Gasteiger partial charge on any atom is 0.410 e. The summed E-state index contributed by atoms with van der Waals surface area (Å²) in [6.45, 7) is 8.63. The Morgan fingerprint density at radius 2 is 1.79 bits per heavy atom. The summed E-state index contributed by atoms with van der Waals surface area (Å²) in [6, 6.07) is 0.149. The molecule has 2 N–H and O–H groups in total. The molecule has 0 bridgehead atoms. The van der Waals surface area contributed by atoms with Crippen molar-refractivity contribution in [3.05, 3.63) is 0 Å². The van der Waals surface area contributed by atoms with E-state index in [0.717, 1.165) is 19.4 Å². The molecule has 0 spiro atoms. The quantitative estimate of drug-likeness (QED) is 0.320. The largest absolute Gasteiger partial charge is 0.444 e. The van der Waals surface area contributed by atoms with E-state index < -0.39 is 15.6 Å². The standard InChI is InChI=1S/C17H33N5O4S.HI/c1-17(2,3)26-16(23)21-11-14(12-21)20-15(18-4)19-10-13-6-8-22(9-7-13)27(5,24)25;/h13-14H,6-12H2,1-5H3,(H2,18,19,20);1H. The minimum atomic E-state index is -3.09. The number of piperidine rings is 1. The van der Waals surface area contributed by atoms with E-state index in [9.17, 15) is 13.2 Å². The molecule has 28 heavy (non-hydrogen) atoms. The smallest absolute Gasteiger partial charge is 0.410 e. The molecule has 2 rings (SSSR count). The van der Waals surface area contributed by atoms with Crippen molar-refractivity contribution < 1.29 is 17.9 Å². The SMILES string of the molecule is CN=C(NCC1CCN(S(C)(=O)=O)CC1)NC1CN(C(=O)OC(C)(C)C)C1.I. The molecule has 2 fully saturated rings. The Balaban J connectivity index is 0.00000392. The molecule has 0 saturated carbocycles. The van der Waals surface area contributed by atoms with Crippen LogP contribution in [-0.4, -0.2) is 87.3 Å². The summed E-state index contributed by atoms with van der Waals surface area (Å²) in [4.78, 5) is 17.8. The van der Waals surface area contributed by atoms with Crippen molar-refractivity contribution in [3.63, 3.8) is 0 Å². The molecule has 0 aliphatic carbocycles. The summed E-state index contributed by atoms with van der Waals surface area (Å²) in [5, 5.41) is 6.62. The van der Waals surface area contributed by atoms with Crippen molar-refractivity contribution in [3.8, 4) is 0 Å². The first-order chi connectivity index (χ1) is 12.5. The number of ether oxygens (including phenoxy) is 1. The van der Waals surface area contributed by atoms with Crippen molar-refractivity contribution in [2.45, 2.75) is 45.3 Å². The second-order valence-corrected chi connectivity index (χ2v) is 10.3. The molecular weight excluding hydrogens is 497 g/mol. The fourth-order valence-corrected chi connectivity index (χ4v) is 3.99. The van der Waals surface area contributed by atoms with Gasteiger partial charge in [-0.05, 0) is 39.5 Å². The number of nitrogens with zero attached hydrogens (tertiary/aromatic N) is 3. The first-order valence-corrected chi connectivity index (χ1v) is 11.2. The van der Waals surface area contributed by atoms with Gasteiger partial charge in [-0.15, -0.1) is 24.0 Å². The van der Waals surface area contributed by atoms with Gasteiger partial charge in [0.05, 0.1) is 12.3 Å². The summed E-state index contributed by atoms with van der Waals surface area (Å²) in [5.41, 5.74) is -0.486. The number of carbonyl (C=O) groups is 1. The summed E-state index contributed by atoms with van der Waals surface area (Å²) < 4.78 is 30.0. The topological polar surface area (TPSA) is 103 Å². The third kappa shape index (κ3) is 7.90. The molecule has 11 heteroatoms. The predicted octanol–water partition coefficient (Wildman–Crippen LogP) is 1.06. The van der Waals surface area contributed by atoms with E-state index in [4.69, 9.17) is 4.74 Å². The van der Waals surface area contributed by atoms with E-state index in [1.165, 1.54) is 10.6 Å². The van der Waals surface area contributed by atoms with Gasteiger partial charge in [0.1, 0.15) is 5.60 Å². The zero-order valence-corrected chi connectivity index (χ0v) is 20.5. The van der Waals surface area contributed by atoms with Crippen LogP contribution in [-0.2, 0) is 14.8 Å². The Kier molecular flexibility index (Phi) is 9.26. The van der Waals surface area contributed by atoms with Gasteiger partial charge < -0.3 is 20.3 Å². The molecule has 2 aliphatic rings. The number of hydrogen-bond acceptors (Lipinski definition) is 5. The molecule has 0 aromatic carbocycles. The highest BCUT2D eigenvalue weighted by Crippen LogP contribution is 2.18. The Labute approximate surface area is 185 Å². The molecule has 2 saturated heterocycles. The van der Waals surface area contributed by atoms with Crippen LogP contribution in [0.15, 0.2) is 4.99 Å². The van der Waals surface area contributed by atoms with E-state index in [2.05, 4.69) is 15.6 Å². The third-order valence-corrected chi connectivity index (χ3v) is 6.00. The lowest BCUT2D eigenvalue weighted by molar-refractivity contribution is 0.00700. The Bertz CT molecular complexity index is 651. The molecule has 2 heterocycles. The number of nitrogens with one attached hydrogen (secondary N) is 2. The average molecular weight is 531 g/mol. The van der Waals surface area contributed by atoms with Crippen LogP contribution in [0.1, 0.15) is 33.6 Å². The van der Waals surface area contributed by atoms with Gasteiger partial charge in [0.15, 0.2) is 5.96 Å². The van der Waals surface area contributed by atoms with Crippen LogP contribution in [0.4, 0.5) is 4.79 Å². The van der Waals surface area contributed by atoms with Gasteiger partial charge in [0, 0.05) is 39.8 Å². The molecule has 164 valence electrons. The summed E-state index contributed by atoms with van der Waals surface area (Å²) in [7, 11) is -1.37. The molecule has 0 aromatic heterocycles. The van der Waals surface area contributed by atoms with Crippen LogP contribution in [0.3, 0.4) is 0 Å². The number of likely N-dealkylation sites (tertiary alicyclic amines) is 1. The van der Waals surface area contributed by atoms with Crippen LogP contribution < -0.4 is 10.6 Å². The van der Waals surface area contributed by atoms with Gasteiger partial charge in [-0.2, -0.15) is 0 Å². The molecule has 0 atom stereocenters. The normalized spacial score (nSPS) is 20.2. The highest BCUT2D eigenvalue weighted by atomic mass is 127. The van der Waals surface area contributed by atoms with Crippen LogP contribution in [0.25, 0.3) is 0 Å². The number of amides is 1. The Hall–Kier alpha value is -0.820. The van der Waals surface area contributed by atoms with Crippen LogP contribution in [0.5, 0.6) is 0 Å². The number of rotatable bonds is 4. The maximum absolute atomic E-state index is 12.0. The van der Waals surface area contributed by atoms with E-state index in [0.29, 0.717) is 38.1 Å². The van der Waals surface area contributed by atoms with Gasteiger partial charge in [-0.1, -0.05) is 0 Å². The zero-order valence-electron chi connectivity index (χ0n) is 17.4. The first kappa shape index (κ1) is 25.2. The molecule has 0 aromatic rings. The molecule has 9 nitrogen and oxygen atoms in total. The number of hydrogen-bond donors (Lipinski definition) is 2. The summed E-state index contributed by atoms with van der Waals surface area (Å²) in [6.07, 6.45) is 2.65. The highest BCUT2D eigenvalue weighted by molar-refractivity contribution is 14.0. The van der Waals surface area contributed by atoms with Gasteiger partial charge in [0.25, 0.3) is 0 Å². The Morgan fingerprint density at radius 3 is 2.25 bits per heavy atom. The minimum absolute atomic E-state index is 0. The van der Waals surface area contributed by atoms with Gasteiger partial charge in [-0.25, -0.2) is 17.5 Å². The lowest BCUT2D eigenvalue weighted by Gasteiger charge is -2.40. The molecule has 0 unspecified atom stereocenters. The molecular formula is C17H34IN5O4S. The Morgan fingerprint density at radius 1 is 1.21 bits per heavy atom. The average Bonchev–Trinajstić information content (AvgIpc) is 2.51. The van der Waals surface area contributed by atoms with Crippen LogP contribution >= 0.6 is 24.0 Å². The summed E-state index contributed by atoms with van der Waals surface area (Å²) >= 11 is 0. The van der Waals surface area contributed by atoms with E-state index in [1.807, 2.05) is 20.8 Å². The lowest BCUT2D eigenvalue weighted by Crippen LogP contribution is -2.63. The van der Waals surface area contributed by atoms with Crippen molar-refractivity contribution in [1.29, 1.82) is 0 Å². The number of guanidine groups is 1. The van der Waals surface area contributed by atoms with E-state index in [-0.39, 0.29) is 36.1 Å². The fourth-order valence-electron chi connectivity index (χ4n) is 3.12. The maximum atomic E-state index is 12.0.